The van der Waals surface area contributed by atoms with Crippen molar-refractivity contribution in [3.8, 4) is 11.3 Å². The van der Waals surface area contributed by atoms with Gasteiger partial charge in [-0.25, -0.2) is 4.79 Å². The second-order valence-corrected chi connectivity index (χ2v) is 8.66. The van der Waals surface area contributed by atoms with Crippen LogP contribution in [0.3, 0.4) is 0 Å². The minimum absolute atomic E-state index is 0.00375. The van der Waals surface area contributed by atoms with Gasteiger partial charge in [0.05, 0.1) is 11.3 Å². The molecule has 1 saturated heterocycles. The molecule has 1 aliphatic heterocycles. The Labute approximate surface area is 182 Å². The van der Waals surface area contributed by atoms with Crippen LogP contribution in [0.25, 0.3) is 17.4 Å². The third-order valence-electron chi connectivity index (χ3n) is 4.55. The van der Waals surface area contributed by atoms with Crippen molar-refractivity contribution in [2.75, 3.05) is 0 Å². The van der Waals surface area contributed by atoms with Gasteiger partial charge in [0.25, 0.3) is 5.91 Å². The number of rotatable bonds is 7. The maximum Gasteiger partial charge on any atom is 0.327 e. The molecular weight excluding hydrogens is 426 g/mol. The van der Waals surface area contributed by atoms with Gasteiger partial charge in [-0.1, -0.05) is 62.1 Å². The molecule has 0 saturated carbocycles. The van der Waals surface area contributed by atoms with Crippen molar-refractivity contribution in [1.82, 2.24) is 4.90 Å². The zero-order valence-electron chi connectivity index (χ0n) is 16.2. The Kier molecular flexibility index (Phi) is 6.42. The van der Waals surface area contributed by atoms with Crippen LogP contribution >= 0.6 is 24.0 Å². The SMILES string of the molecule is CC(C)c1ccc(-c2ccc(/C=C3\SC(=S)N([C@H](CC(=O)O)C(=O)O)C3=O)o2)cc1. The van der Waals surface area contributed by atoms with E-state index in [1.165, 1.54) is 11.6 Å². The summed E-state index contributed by atoms with van der Waals surface area (Å²) >= 11 is 6.03. The topological polar surface area (TPSA) is 108 Å². The molecule has 1 aliphatic rings. The van der Waals surface area contributed by atoms with E-state index in [1.807, 2.05) is 24.3 Å². The standard InChI is InChI=1S/C21H19NO6S2/c1-11(2)12-3-5-13(6-4-12)16-8-7-14(28-16)9-17-19(25)22(21(29)30-17)15(20(26)27)10-18(23)24/h3-9,11,15H,10H2,1-2H3,(H,23,24)(H,26,27)/b17-9-/t15-/m1/s1. The van der Waals surface area contributed by atoms with E-state index in [2.05, 4.69) is 13.8 Å². The molecule has 2 heterocycles. The predicted octanol–water partition coefficient (Wildman–Crippen LogP) is 4.20. The fraction of sp³-hybridized carbons (Fsp3) is 0.238. The summed E-state index contributed by atoms with van der Waals surface area (Å²) in [5, 5.41) is 18.3. The average molecular weight is 446 g/mol. The first-order valence-electron chi connectivity index (χ1n) is 9.09. The Balaban J connectivity index is 1.82. The molecule has 3 rings (SSSR count). The van der Waals surface area contributed by atoms with Gasteiger partial charge in [-0.05, 0) is 23.6 Å². The first kappa shape index (κ1) is 21.8. The number of furan rings is 1. The molecule has 9 heteroatoms. The molecule has 1 amide bonds. The van der Waals surface area contributed by atoms with Crippen molar-refractivity contribution < 1.29 is 29.0 Å². The van der Waals surface area contributed by atoms with Crippen molar-refractivity contribution in [3.63, 3.8) is 0 Å². The fourth-order valence-corrected chi connectivity index (χ4v) is 4.29. The van der Waals surface area contributed by atoms with E-state index in [0.717, 1.165) is 22.2 Å². The monoisotopic (exact) mass is 445 g/mol. The number of amides is 1. The van der Waals surface area contributed by atoms with Gasteiger partial charge in [0.1, 0.15) is 21.9 Å². The number of carboxylic acid groups (broad SMARTS) is 2. The molecule has 0 unspecified atom stereocenters. The molecule has 1 fully saturated rings. The summed E-state index contributed by atoms with van der Waals surface area (Å²) in [5.74, 6) is -1.97. The maximum atomic E-state index is 12.7. The van der Waals surface area contributed by atoms with E-state index < -0.39 is 30.3 Å². The number of hydrogen-bond acceptors (Lipinski definition) is 6. The second-order valence-electron chi connectivity index (χ2n) is 6.98. The number of hydrogen-bond donors (Lipinski definition) is 2. The first-order chi connectivity index (χ1) is 14.2. The summed E-state index contributed by atoms with van der Waals surface area (Å²) < 4.78 is 5.81. The number of aliphatic carboxylic acids is 2. The van der Waals surface area contributed by atoms with Gasteiger partial charge in [0.2, 0.25) is 0 Å². The minimum atomic E-state index is -1.56. The van der Waals surface area contributed by atoms with Crippen molar-refractivity contribution in [2.45, 2.75) is 32.2 Å². The van der Waals surface area contributed by atoms with Gasteiger partial charge < -0.3 is 14.6 Å². The van der Waals surface area contributed by atoms with E-state index >= 15 is 0 Å². The largest absolute Gasteiger partial charge is 0.481 e. The summed E-state index contributed by atoms with van der Waals surface area (Å²) in [6.45, 7) is 4.23. The average Bonchev–Trinajstić information content (AvgIpc) is 3.25. The molecule has 1 atom stereocenters. The number of carbonyl (C=O) groups excluding carboxylic acids is 1. The lowest BCUT2D eigenvalue weighted by Gasteiger charge is -2.21. The molecule has 30 heavy (non-hydrogen) atoms. The fourth-order valence-electron chi connectivity index (χ4n) is 2.95. The van der Waals surface area contributed by atoms with Crippen LogP contribution in [0.5, 0.6) is 0 Å². The number of carbonyl (C=O) groups is 3. The molecule has 156 valence electrons. The highest BCUT2D eigenvalue weighted by atomic mass is 32.2. The van der Waals surface area contributed by atoms with Crippen LogP contribution in [-0.4, -0.2) is 43.3 Å². The van der Waals surface area contributed by atoms with Crippen molar-refractivity contribution in [1.29, 1.82) is 0 Å². The predicted molar refractivity (Wildman–Crippen MR) is 117 cm³/mol. The highest BCUT2D eigenvalue weighted by molar-refractivity contribution is 8.26. The summed E-state index contributed by atoms with van der Waals surface area (Å²) in [5.41, 5.74) is 2.10. The van der Waals surface area contributed by atoms with E-state index in [9.17, 15) is 19.5 Å². The van der Waals surface area contributed by atoms with Gasteiger partial charge in [-0.3, -0.25) is 14.5 Å². The molecule has 0 spiro atoms. The maximum absolute atomic E-state index is 12.7. The summed E-state index contributed by atoms with van der Waals surface area (Å²) in [6, 6.07) is 9.89. The van der Waals surface area contributed by atoms with E-state index in [1.54, 1.807) is 12.1 Å². The van der Waals surface area contributed by atoms with Crippen molar-refractivity contribution in [2.24, 2.45) is 0 Å². The number of thiocarbonyl (C=S) groups is 1. The minimum Gasteiger partial charge on any atom is -0.481 e. The van der Waals surface area contributed by atoms with Gasteiger partial charge in [-0.15, -0.1) is 0 Å². The van der Waals surface area contributed by atoms with Crippen LogP contribution < -0.4 is 0 Å². The summed E-state index contributed by atoms with van der Waals surface area (Å²) in [7, 11) is 0. The van der Waals surface area contributed by atoms with Crippen LogP contribution in [0.15, 0.2) is 45.7 Å². The number of benzene rings is 1. The number of nitrogens with zero attached hydrogens (tertiary/aromatic N) is 1. The smallest absolute Gasteiger partial charge is 0.327 e. The highest BCUT2D eigenvalue weighted by Gasteiger charge is 2.41. The third-order valence-corrected chi connectivity index (χ3v) is 5.88. The Bertz CT molecular complexity index is 1040. The molecular formula is C21H19NO6S2. The molecule has 2 N–H and O–H groups in total. The Morgan fingerprint density at radius 1 is 1.17 bits per heavy atom. The van der Waals surface area contributed by atoms with Gasteiger partial charge in [-0.2, -0.15) is 0 Å². The quantitative estimate of drug-likeness (QED) is 0.482. The lowest BCUT2D eigenvalue weighted by Crippen LogP contribution is -2.45. The lowest BCUT2D eigenvalue weighted by molar-refractivity contribution is -0.150. The Hall–Kier alpha value is -2.91. The number of thioether (sulfide) groups is 1. The molecule has 0 aliphatic carbocycles. The normalized spacial score (nSPS) is 16.5. The molecule has 1 aromatic heterocycles. The van der Waals surface area contributed by atoms with Gasteiger partial charge in [0, 0.05) is 11.6 Å². The molecule has 7 nitrogen and oxygen atoms in total. The van der Waals surface area contributed by atoms with Crippen molar-refractivity contribution in [3.05, 3.63) is 52.6 Å². The lowest BCUT2D eigenvalue weighted by atomic mass is 10.0. The summed E-state index contributed by atoms with van der Waals surface area (Å²) in [6.07, 6.45) is 0.733. The molecule has 0 radical (unpaired) electrons. The zero-order chi connectivity index (χ0) is 22.0. The highest BCUT2D eigenvalue weighted by Crippen LogP contribution is 2.35. The Morgan fingerprint density at radius 2 is 1.83 bits per heavy atom. The van der Waals surface area contributed by atoms with E-state index in [4.69, 9.17) is 21.7 Å². The summed E-state index contributed by atoms with van der Waals surface area (Å²) in [4.78, 5) is 36.1. The second kappa shape index (κ2) is 8.85. The number of carboxylic acids is 2. The van der Waals surface area contributed by atoms with Crippen molar-refractivity contribution >= 4 is 52.2 Å². The molecule has 0 bridgehead atoms. The van der Waals surface area contributed by atoms with Crippen LogP contribution in [-0.2, 0) is 14.4 Å². The molecule has 2 aromatic rings. The van der Waals surface area contributed by atoms with Gasteiger partial charge in [0.15, 0.2) is 0 Å². The van der Waals surface area contributed by atoms with E-state index in [-0.39, 0.29) is 9.23 Å². The van der Waals surface area contributed by atoms with E-state index in [0.29, 0.717) is 17.4 Å². The molecule has 1 aromatic carbocycles. The van der Waals surface area contributed by atoms with Crippen LogP contribution in [0, 0.1) is 0 Å². The van der Waals surface area contributed by atoms with Crippen LogP contribution in [0.4, 0.5) is 0 Å². The van der Waals surface area contributed by atoms with Gasteiger partial charge >= 0.3 is 11.9 Å². The zero-order valence-corrected chi connectivity index (χ0v) is 17.8. The van der Waals surface area contributed by atoms with Crippen LogP contribution in [0.2, 0.25) is 0 Å². The Morgan fingerprint density at radius 3 is 2.40 bits per heavy atom. The van der Waals surface area contributed by atoms with Crippen LogP contribution in [0.1, 0.15) is 37.5 Å². The third kappa shape index (κ3) is 4.63. The first-order valence-corrected chi connectivity index (χ1v) is 10.3.